The summed E-state index contributed by atoms with van der Waals surface area (Å²) in [7, 11) is 0. The van der Waals surface area contributed by atoms with Crippen LogP contribution in [0.4, 0.5) is 17.6 Å². The zero-order valence-electron chi connectivity index (χ0n) is 9.26. The van der Waals surface area contributed by atoms with Crippen LogP contribution < -0.4 is 9.47 Å². The Kier molecular flexibility index (Phi) is 3.46. The monoisotopic (exact) mass is 342 g/mol. The number of hydrogen-bond acceptors (Lipinski definition) is 3. The molecule has 0 saturated heterocycles. The summed E-state index contributed by atoms with van der Waals surface area (Å²) in [6.45, 7) is 0. The largest absolute Gasteiger partial charge is 0.507 e. The zero-order valence-corrected chi connectivity index (χ0v) is 10.8. The highest BCUT2D eigenvalue weighted by atomic mass is 79.9. The van der Waals surface area contributed by atoms with Crippen molar-refractivity contribution in [2.45, 2.75) is 25.1 Å². The van der Waals surface area contributed by atoms with E-state index in [0.29, 0.717) is 16.3 Å². The second-order valence-electron chi connectivity index (χ2n) is 3.83. The van der Waals surface area contributed by atoms with Gasteiger partial charge in [-0.05, 0) is 24.1 Å². The molecule has 0 aromatic heterocycles. The van der Waals surface area contributed by atoms with Crippen LogP contribution in [0.5, 0.6) is 11.5 Å². The van der Waals surface area contributed by atoms with E-state index in [1.54, 1.807) is 0 Å². The Labute approximate surface area is 113 Å². The molecule has 3 nitrogen and oxygen atoms in total. The fraction of sp³-hybridized carbons (Fsp3) is 0.364. The summed E-state index contributed by atoms with van der Waals surface area (Å²) >= 11 is 3.09. The van der Waals surface area contributed by atoms with Crippen molar-refractivity contribution in [3.05, 3.63) is 22.2 Å². The first-order valence-corrected chi connectivity index (χ1v) is 5.96. The van der Waals surface area contributed by atoms with Crippen molar-refractivity contribution in [2.24, 2.45) is 0 Å². The van der Waals surface area contributed by atoms with Crippen molar-refractivity contribution in [3.63, 3.8) is 0 Å². The Hall–Kier alpha value is -1.31. The summed E-state index contributed by atoms with van der Waals surface area (Å²) in [5, 5.41) is 0. The first-order chi connectivity index (χ1) is 8.77. The van der Waals surface area contributed by atoms with Gasteiger partial charge in [0.05, 0.1) is 0 Å². The van der Waals surface area contributed by atoms with E-state index in [1.807, 2.05) is 0 Å². The minimum Gasteiger partial charge on any atom is -0.421 e. The molecule has 8 heteroatoms. The van der Waals surface area contributed by atoms with E-state index in [-0.39, 0.29) is 12.8 Å². The Morgan fingerprint density at radius 1 is 1.11 bits per heavy atom. The first-order valence-electron chi connectivity index (χ1n) is 5.16. The zero-order chi connectivity index (χ0) is 14.3. The van der Waals surface area contributed by atoms with Crippen molar-refractivity contribution in [1.82, 2.24) is 0 Å². The highest BCUT2D eigenvalue weighted by Crippen LogP contribution is 2.48. The summed E-state index contributed by atoms with van der Waals surface area (Å²) in [4.78, 5) is 10.3. The van der Waals surface area contributed by atoms with Gasteiger partial charge in [0.2, 0.25) is 0 Å². The molecule has 1 aromatic carbocycles. The molecule has 19 heavy (non-hydrogen) atoms. The van der Waals surface area contributed by atoms with Crippen LogP contribution in [0, 0.1) is 0 Å². The smallest absolute Gasteiger partial charge is 0.421 e. The van der Waals surface area contributed by atoms with E-state index in [0.717, 1.165) is 12.1 Å². The number of carbonyl (C=O) groups excluding carboxylic acids is 1. The second kappa shape index (κ2) is 4.66. The molecule has 0 aliphatic carbocycles. The van der Waals surface area contributed by atoms with Crippen LogP contribution >= 0.6 is 15.9 Å². The first kappa shape index (κ1) is 14.1. The standard InChI is InChI=1S/C11H7BrF4O3/c12-7-5-9-8(4-6(7)2-1-3-17)18-10(13,14)11(15,16)19-9/h3-5H,1-2H2. The molecule has 0 unspecified atom stereocenters. The summed E-state index contributed by atoms with van der Waals surface area (Å²) in [5.41, 5.74) is 0.482. The lowest BCUT2D eigenvalue weighted by molar-refractivity contribution is -0.391. The van der Waals surface area contributed by atoms with E-state index in [4.69, 9.17) is 0 Å². The highest BCUT2D eigenvalue weighted by Gasteiger charge is 2.65. The molecule has 0 fully saturated rings. The Balaban J connectivity index is 2.39. The maximum Gasteiger partial charge on any atom is 0.507 e. The number of fused-ring (bicyclic) bond motifs is 1. The van der Waals surface area contributed by atoms with E-state index >= 15 is 0 Å². The second-order valence-corrected chi connectivity index (χ2v) is 4.69. The average Bonchev–Trinajstić information content (AvgIpc) is 2.28. The van der Waals surface area contributed by atoms with Gasteiger partial charge in [0.15, 0.2) is 11.5 Å². The predicted molar refractivity (Wildman–Crippen MR) is 59.7 cm³/mol. The van der Waals surface area contributed by atoms with Crippen LogP contribution in [0.25, 0.3) is 0 Å². The van der Waals surface area contributed by atoms with Crippen LogP contribution in [-0.4, -0.2) is 18.5 Å². The van der Waals surface area contributed by atoms with Gasteiger partial charge >= 0.3 is 12.2 Å². The molecule has 0 bridgehead atoms. The number of halogens is 5. The van der Waals surface area contributed by atoms with Crippen molar-refractivity contribution < 1.29 is 31.8 Å². The van der Waals surface area contributed by atoms with E-state index < -0.39 is 23.7 Å². The molecule has 0 N–H and O–H groups in total. The van der Waals surface area contributed by atoms with Crippen molar-refractivity contribution >= 4 is 22.2 Å². The van der Waals surface area contributed by atoms with Gasteiger partial charge in [0, 0.05) is 10.9 Å². The average molecular weight is 343 g/mol. The third kappa shape index (κ3) is 2.54. The minimum atomic E-state index is -4.74. The summed E-state index contributed by atoms with van der Waals surface area (Å²) in [6, 6.07) is 2.25. The van der Waals surface area contributed by atoms with E-state index in [1.165, 1.54) is 0 Å². The van der Waals surface area contributed by atoms with Crippen LogP contribution in [0.3, 0.4) is 0 Å². The van der Waals surface area contributed by atoms with Crippen LogP contribution in [0.15, 0.2) is 16.6 Å². The normalized spacial score (nSPS) is 19.0. The molecule has 1 aliphatic heterocycles. The van der Waals surface area contributed by atoms with E-state index in [2.05, 4.69) is 25.4 Å². The van der Waals surface area contributed by atoms with Gasteiger partial charge in [-0.3, -0.25) is 0 Å². The molecule has 1 aromatic rings. The van der Waals surface area contributed by atoms with Gasteiger partial charge in [-0.25, -0.2) is 0 Å². The summed E-state index contributed by atoms with van der Waals surface area (Å²) in [5.74, 6) is -0.974. The predicted octanol–water partition coefficient (Wildman–Crippen LogP) is 3.54. The fourth-order valence-corrected chi connectivity index (χ4v) is 2.06. The molecular formula is C11H7BrF4O3. The molecule has 0 saturated carbocycles. The number of benzene rings is 1. The van der Waals surface area contributed by atoms with Gasteiger partial charge < -0.3 is 14.3 Å². The Morgan fingerprint density at radius 2 is 1.63 bits per heavy atom. The molecule has 104 valence electrons. The van der Waals surface area contributed by atoms with E-state index in [9.17, 15) is 22.4 Å². The van der Waals surface area contributed by atoms with Gasteiger partial charge in [-0.2, -0.15) is 17.6 Å². The number of hydrogen-bond donors (Lipinski definition) is 0. The Morgan fingerprint density at radius 3 is 2.16 bits per heavy atom. The Bertz CT molecular complexity index is 519. The molecular weight excluding hydrogens is 336 g/mol. The number of rotatable bonds is 3. The quantitative estimate of drug-likeness (QED) is 0.622. The maximum atomic E-state index is 13.0. The topological polar surface area (TPSA) is 35.5 Å². The van der Waals surface area contributed by atoms with Crippen molar-refractivity contribution in [3.8, 4) is 11.5 Å². The van der Waals surface area contributed by atoms with Crippen LogP contribution in [-0.2, 0) is 11.2 Å². The van der Waals surface area contributed by atoms with Crippen LogP contribution in [0.1, 0.15) is 12.0 Å². The molecule has 1 heterocycles. The molecule has 0 atom stereocenters. The molecule has 1 aliphatic rings. The van der Waals surface area contributed by atoms with Crippen LogP contribution in [0.2, 0.25) is 0 Å². The van der Waals surface area contributed by atoms with Gasteiger partial charge in [-0.15, -0.1) is 0 Å². The highest BCUT2D eigenvalue weighted by molar-refractivity contribution is 9.10. The summed E-state index contributed by atoms with van der Waals surface area (Å²) < 4.78 is 60.2. The number of aryl methyl sites for hydroxylation is 1. The maximum absolute atomic E-state index is 13.0. The van der Waals surface area contributed by atoms with Crippen molar-refractivity contribution in [2.75, 3.05) is 0 Å². The number of carbonyl (C=O) groups is 1. The third-order valence-electron chi connectivity index (χ3n) is 2.46. The molecule has 0 radical (unpaired) electrons. The van der Waals surface area contributed by atoms with Gasteiger partial charge in [0.25, 0.3) is 0 Å². The SMILES string of the molecule is O=CCCc1cc2c(cc1Br)OC(F)(F)C(F)(F)O2. The lowest BCUT2D eigenvalue weighted by Gasteiger charge is -2.32. The molecule has 0 amide bonds. The number of ether oxygens (including phenoxy) is 2. The minimum absolute atomic E-state index is 0.171. The summed E-state index contributed by atoms with van der Waals surface area (Å²) in [6.07, 6.45) is -8.38. The lowest BCUT2D eigenvalue weighted by atomic mass is 10.1. The van der Waals surface area contributed by atoms with Crippen molar-refractivity contribution in [1.29, 1.82) is 0 Å². The lowest BCUT2D eigenvalue weighted by Crippen LogP contribution is -2.52. The molecule has 0 spiro atoms. The number of alkyl halides is 4. The third-order valence-corrected chi connectivity index (χ3v) is 3.20. The number of aldehydes is 1. The van der Waals surface area contributed by atoms with Gasteiger partial charge in [0.1, 0.15) is 6.29 Å². The van der Waals surface area contributed by atoms with Gasteiger partial charge in [-0.1, -0.05) is 15.9 Å². The molecule has 2 rings (SSSR count). The fourth-order valence-electron chi connectivity index (χ4n) is 1.54.